The minimum Gasteiger partial charge on any atom is -0.395 e. The number of non-ortho nitro benzene ring substituents is 1. The van der Waals surface area contributed by atoms with Crippen molar-refractivity contribution in [2.75, 3.05) is 11.5 Å². The van der Waals surface area contributed by atoms with Crippen LogP contribution in [0.1, 0.15) is 41.6 Å². The van der Waals surface area contributed by atoms with Gasteiger partial charge in [-0.2, -0.15) is 0 Å². The Labute approximate surface area is 281 Å². The molecule has 1 saturated heterocycles. The van der Waals surface area contributed by atoms with Crippen molar-refractivity contribution < 1.29 is 23.7 Å². The molecule has 6 rings (SSSR count). The molecule has 46 heavy (non-hydrogen) atoms. The number of aliphatic hydroxyl groups excluding tert-OH is 1. The number of aromatic nitrogens is 3. The first-order valence-electron chi connectivity index (χ1n) is 15.2. The van der Waals surface area contributed by atoms with E-state index in [0.717, 1.165) is 14.7 Å². The molecule has 2 aliphatic heterocycles. The van der Waals surface area contributed by atoms with Crippen molar-refractivity contribution in [3.8, 4) is 0 Å². The second-order valence-corrected chi connectivity index (χ2v) is 17.6. The van der Waals surface area contributed by atoms with Crippen molar-refractivity contribution in [3.05, 3.63) is 115 Å². The van der Waals surface area contributed by atoms with Gasteiger partial charge >= 0.3 is 0 Å². The van der Waals surface area contributed by atoms with E-state index in [-0.39, 0.29) is 30.7 Å². The molecule has 4 aromatic rings. The molecule has 1 N–H and O–H groups in total. The van der Waals surface area contributed by atoms with Crippen LogP contribution in [0.2, 0.25) is 18.6 Å². The molecule has 0 bridgehead atoms. The van der Waals surface area contributed by atoms with E-state index in [2.05, 4.69) is 32.9 Å². The number of amides is 1. The fourth-order valence-corrected chi connectivity index (χ4v) is 10.1. The van der Waals surface area contributed by atoms with E-state index < -0.39 is 36.5 Å². The maximum Gasteiger partial charge on any atom is 0.269 e. The molecule has 3 heterocycles. The van der Waals surface area contributed by atoms with E-state index in [1.807, 2.05) is 61.5 Å². The van der Waals surface area contributed by atoms with E-state index in [0.29, 0.717) is 29.9 Å². The van der Waals surface area contributed by atoms with Gasteiger partial charge in [0.05, 0.1) is 41.5 Å². The van der Waals surface area contributed by atoms with Gasteiger partial charge in [-0.05, 0) is 71.4 Å². The monoisotopic (exact) mass is 755 g/mol. The first-order valence-corrected chi connectivity index (χ1v) is 19.2. The van der Waals surface area contributed by atoms with Gasteiger partial charge in [0, 0.05) is 45.5 Å². The molecular weight excluding hydrogens is 720 g/mol. The Hall–Kier alpha value is -3.53. The van der Waals surface area contributed by atoms with Crippen LogP contribution in [0.25, 0.3) is 0 Å². The van der Waals surface area contributed by atoms with Crippen LogP contribution in [0.4, 0.5) is 15.5 Å². The molecule has 0 radical (unpaired) electrons. The van der Waals surface area contributed by atoms with Crippen molar-refractivity contribution in [3.63, 3.8) is 0 Å². The molecule has 0 aliphatic carbocycles. The van der Waals surface area contributed by atoms with Gasteiger partial charge in [0.25, 0.3) is 11.6 Å². The third-order valence-electron chi connectivity index (χ3n) is 9.35. The summed E-state index contributed by atoms with van der Waals surface area (Å²) in [6.45, 7) is 5.55. The number of carbonyl (C=O) groups is 1. The summed E-state index contributed by atoms with van der Waals surface area (Å²) >= 11 is 2.22. The number of benzene rings is 3. The summed E-state index contributed by atoms with van der Waals surface area (Å²) in [4.78, 5) is 27.6. The van der Waals surface area contributed by atoms with Crippen molar-refractivity contribution in [2.45, 2.75) is 62.7 Å². The zero-order valence-electron chi connectivity index (χ0n) is 25.7. The standard InChI is InChI=1S/C33H35FIN5O5Si/c1-21-31(46(2,3)34)30(15-16-38-19-28(36-37-38)26(20-41)23-7-5-4-6-8-23)45-33(21)27-17-25(40(43)44)13-14-29(27)39(32(33)42)18-22-9-11-24(35)12-10-22/h4-14,17,19,21,26,30-31,41H,15-16,18,20H2,1-3H3/t21-,26?,30+,31-,33+/m0/s1. The average molecular weight is 756 g/mol. The lowest BCUT2D eigenvalue weighted by Crippen LogP contribution is -2.45. The molecule has 240 valence electrons. The predicted octanol–water partition coefficient (Wildman–Crippen LogP) is 6.33. The molecule has 0 saturated carbocycles. The molecule has 2 aliphatic rings. The molecule has 1 amide bonds. The van der Waals surface area contributed by atoms with Crippen LogP contribution < -0.4 is 4.90 Å². The van der Waals surface area contributed by atoms with E-state index in [4.69, 9.17) is 4.74 Å². The summed E-state index contributed by atoms with van der Waals surface area (Å²) in [5, 5.41) is 30.5. The number of hydrogen-bond donors (Lipinski definition) is 1. The van der Waals surface area contributed by atoms with Gasteiger partial charge in [-0.25, -0.2) is 0 Å². The van der Waals surface area contributed by atoms with Gasteiger partial charge in [0.2, 0.25) is 8.41 Å². The van der Waals surface area contributed by atoms with Gasteiger partial charge in [0.1, 0.15) is 0 Å². The number of ether oxygens (including phenoxy) is 1. The van der Waals surface area contributed by atoms with Gasteiger partial charge in [-0.1, -0.05) is 54.6 Å². The molecule has 1 fully saturated rings. The maximum absolute atomic E-state index is 16.3. The summed E-state index contributed by atoms with van der Waals surface area (Å²) in [6.07, 6.45) is 1.48. The Kier molecular flexibility index (Phi) is 8.86. The Bertz CT molecular complexity index is 1750. The number of nitrogens with zero attached hydrogens (tertiary/aromatic N) is 5. The number of nitro benzene ring substituents is 1. The second-order valence-electron chi connectivity index (χ2n) is 12.6. The van der Waals surface area contributed by atoms with Crippen LogP contribution >= 0.6 is 22.6 Å². The summed E-state index contributed by atoms with van der Waals surface area (Å²) in [6, 6.07) is 21.8. The number of aliphatic hydroxyl groups is 1. The van der Waals surface area contributed by atoms with Crippen LogP contribution in [0.3, 0.4) is 0 Å². The number of rotatable bonds is 10. The summed E-state index contributed by atoms with van der Waals surface area (Å²) < 4.78 is 25.7. The van der Waals surface area contributed by atoms with Crippen molar-refractivity contribution >= 4 is 48.3 Å². The topological polar surface area (TPSA) is 124 Å². The molecule has 1 aromatic heterocycles. The van der Waals surface area contributed by atoms with E-state index in [9.17, 15) is 20.0 Å². The molecule has 1 spiro atoms. The first kappa shape index (κ1) is 32.4. The highest BCUT2D eigenvalue weighted by Gasteiger charge is 2.66. The van der Waals surface area contributed by atoms with E-state index in [1.165, 1.54) is 12.1 Å². The number of carbonyl (C=O) groups excluding carboxylic acids is 1. The van der Waals surface area contributed by atoms with Crippen molar-refractivity contribution in [2.24, 2.45) is 5.92 Å². The Morgan fingerprint density at radius 2 is 1.87 bits per heavy atom. The van der Waals surface area contributed by atoms with Crippen LogP contribution in [-0.2, 0) is 28.2 Å². The Morgan fingerprint density at radius 1 is 1.15 bits per heavy atom. The molecular formula is C33H35FIN5O5Si. The second kappa shape index (κ2) is 12.6. The first-order chi connectivity index (χ1) is 21.9. The SMILES string of the molecule is C[C@H]1[C@H]([Si](C)(C)F)[C@@H](CCn2cc(C(CO)c3ccccc3)nn2)O[C@]12C(=O)N(Cc1ccc(I)cc1)c1ccc([N+](=O)[O-])cc12. The lowest BCUT2D eigenvalue weighted by atomic mass is 9.82. The predicted molar refractivity (Wildman–Crippen MR) is 182 cm³/mol. The zero-order valence-corrected chi connectivity index (χ0v) is 28.9. The minimum absolute atomic E-state index is 0.134. The highest BCUT2D eigenvalue weighted by Crippen LogP contribution is 2.60. The van der Waals surface area contributed by atoms with Gasteiger partial charge in [-0.15, -0.1) is 5.10 Å². The summed E-state index contributed by atoms with van der Waals surface area (Å²) in [7, 11) is -3.44. The number of fused-ring (bicyclic) bond motifs is 2. The number of nitro groups is 1. The average Bonchev–Trinajstić information content (AvgIpc) is 3.68. The number of halogens is 2. The normalized spacial score (nSPS) is 23.2. The minimum atomic E-state index is -3.44. The Balaban J connectivity index is 1.33. The number of aryl methyl sites for hydroxylation is 1. The van der Waals surface area contributed by atoms with Crippen LogP contribution in [0.15, 0.2) is 79.0 Å². The summed E-state index contributed by atoms with van der Waals surface area (Å²) in [5.41, 5.74) is 1.08. The van der Waals surface area contributed by atoms with Gasteiger partial charge in [-0.3, -0.25) is 19.6 Å². The highest BCUT2D eigenvalue weighted by atomic mass is 127. The lowest BCUT2D eigenvalue weighted by Gasteiger charge is -2.31. The van der Waals surface area contributed by atoms with Gasteiger partial charge in [0.15, 0.2) is 5.60 Å². The molecule has 10 nitrogen and oxygen atoms in total. The molecule has 5 atom stereocenters. The maximum atomic E-state index is 16.3. The van der Waals surface area contributed by atoms with E-state index >= 15 is 4.11 Å². The third-order valence-corrected chi connectivity index (χ3v) is 12.5. The highest BCUT2D eigenvalue weighted by molar-refractivity contribution is 14.1. The fourth-order valence-electron chi connectivity index (χ4n) is 7.24. The Morgan fingerprint density at radius 3 is 2.52 bits per heavy atom. The van der Waals surface area contributed by atoms with Crippen LogP contribution in [0.5, 0.6) is 0 Å². The van der Waals surface area contributed by atoms with Crippen LogP contribution in [0, 0.1) is 19.6 Å². The van der Waals surface area contributed by atoms with E-state index in [1.54, 1.807) is 34.9 Å². The lowest BCUT2D eigenvalue weighted by molar-refractivity contribution is -0.385. The molecule has 13 heteroatoms. The summed E-state index contributed by atoms with van der Waals surface area (Å²) in [5.74, 6) is -1.26. The van der Waals surface area contributed by atoms with Crippen molar-refractivity contribution in [1.29, 1.82) is 0 Å². The van der Waals surface area contributed by atoms with Crippen LogP contribution in [-0.4, -0.2) is 52.0 Å². The fraction of sp³-hybridized carbons (Fsp3) is 0.364. The smallest absolute Gasteiger partial charge is 0.269 e. The number of hydrogen-bond acceptors (Lipinski definition) is 7. The van der Waals surface area contributed by atoms with Crippen molar-refractivity contribution in [1.82, 2.24) is 15.0 Å². The molecule has 1 unspecified atom stereocenters. The number of anilines is 1. The quantitative estimate of drug-likeness (QED) is 0.0661. The zero-order chi connectivity index (χ0) is 32.8. The largest absolute Gasteiger partial charge is 0.395 e. The third kappa shape index (κ3) is 5.78. The van der Waals surface area contributed by atoms with Gasteiger partial charge < -0.3 is 18.9 Å². The molecule has 3 aromatic carbocycles.